The van der Waals surface area contributed by atoms with Crippen molar-refractivity contribution in [2.45, 2.75) is 31.2 Å². The van der Waals surface area contributed by atoms with Crippen LogP contribution in [-0.4, -0.2) is 72.6 Å². The third-order valence-corrected chi connectivity index (χ3v) is 7.11. The molecule has 0 radical (unpaired) electrons. The summed E-state index contributed by atoms with van der Waals surface area (Å²) >= 11 is 0. The number of nitrogens with zero attached hydrogens (tertiary/aromatic N) is 3. The maximum Gasteiger partial charge on any atom is 0.407 e. The summed E-state index contributed by atoms with van der Waals surface area (Å²) in [6.45, 7) is 3.51. The number of hydrogen-bond acceptors (Lipinski definition) is 3. The fourth-order valence-corrected chi connectivity index (χ4v) is 4.89. The second kappa shape index (κ2) is 10.2. The van der Waals surface area contributed by atoms with Crippen molar-refractivity contribution in [2.24, 2.45) is 5.92 Å². The van der Waals surface area contributed by atoms with Crippen LogP contribution in [0.5, 0.6) is 0 Å². The van der Waals surface area contributed by atoms with E-state index < -0.39 is 12.0 Å². The molecule has 2 amide bonds. The molecule has 2 atom stereocenters. The molecule has 2 aromatic rings. The van der Waals surface area contributed by atoms with Crippen LogP contribution in [0.1, 0.15) is 36.8 Å². The summed E-state index contributed by atoms with van der Waals surface area (Å²) in [5, 5.41) is 9.43. The number of carbonyl (C=O) groups is 2. The van der Waals surface area contributed by atoms with Gasteiger partial charge in [-0.2, -0.15) is 0 Å². The average Bonchev–Trinajstić information content (AvgIpc) is 2.82. The van der Waals surface area contributed by atoms with E-state index in [2.05, 4.69) is 43.3 Å². The van der Waals surface area contributed by atoms with Crippen LogP contribution in [0, 0.1) is 5.92 Å². The molecule has 3 rings (SSSR count). The molecule has 6 heteroatoms. The van der Waals surface area contributed by atoms with Gasteiger partial charge in [0.15, 0.2) is 0 Å². The Balaban J connectivity index is 1.80. The number of likely N-dealkylation sites (tertiary alicyclic amines) is 1. The molecular formula is C26H35N3O3. The van der Waals surface area contributed by atoms with Gasteiger partial charge in [-0.15, -0.1) is 0 Å². The van der Waals surface area contributed by atoms with Gasteiger partial charge in [0.25, 0.3) is 0 Å². The number of carbonyl (C=O) groups excluding carboxylic acids is 1. The lowest BCUT2D eigenvalue weighted by atomic mass is 9.79. The van der Waals surface area contributed by atoms with Gasteiger partial charge in [0.1, 0.15) is 0 Å². The minimum Gasteiger partial charge on any atom is -0.465 e. The van der Waals surface area contributed by atoms with Gasteiger partial charge >= 0.3 is 6.09 Å². The van der Waals surface area contributed by atoms with Crippen molar-refractivity contribution in [1.29, 1.82) is 0 Å². The Bertz CT molecular complexity index is 893. The molecule has 2 aromatic carbocycles. The lowest BCUT2D eigenvalue weighted by Gasteiger charge is -2.47. The topological polar surface area (TPSA) is 64.1 Å². The highest BCUT2D eigenvalue weighted by molar-refractivity contribution is 5.81. The molecule has 1 aliphatic heterocycles. The molecule has 0 saturated carbocycles. The van der Waals surface area contributed by atoms with Crippen molar-refractivity contribution in [3.8, 4) is 0 Å². The van der Waals surface area contributed by atoms with E-state index in [4.69, 9.17) is 0 Å². The second-order valence-electron chi connectivity index (χ2n) is 9.09. The number of benzene rings is 2. The summed E-state index contributed by atoms with van der Waals surface area (Å²) in [5.41, 5.74) is 2.22. The van der Waals surface area contributed by atoms with Crippen molar-refractivity contribution in [2.75, 3.05) is 40.8 Å². The van der Waals surface area contributed by atoms with Gasteiger partial charge in [-0.1, -0.05) is 67.6 Å². The third kappa shape index (κ3) is 4.96. The zero-order chi connectivity index (χ0) is 23.3. The van der Waals surface area contributed by atoms with Crippen molar-refractivity contribution < 1.29 is 14.7 Å². The Hall–Kier alpha value is -2.86. The quantitative estimate of drug-likeness (QED) is 0.709. The first-order valence-corrected chi connectivity index (χ1v) is 11.3. The van der Waals surface area contributed by atoms with Crippen molar-refractivity contribution in [3.05, 3.63) is 71.8 Å². The zero-order valence-corrected chi connectivity index (χ0v) is 19.6. The van der Waals surface area contributed by atoms with Gasteiger partial charge in [-0.3, -0.25) is 9.69 Å². The molecule has 0 aliphatic carbocycles. The van der Waals surface area contributed by atoms with E-state index in [9.17, 15) is 14.7 Å². The van der Waals surface area contributed by atoms with Gasteiger partial charge < -0.3 is 14.9 Å². The lowest BCUT2D eigenvalue weighted by Crippen LogP contribution is -2.54. The molecule has 0 bridgehead atoms. The van der Waals surface area contributed by atoms with Gasteiger partial charge in [0.2, 0.25) is 5.91 Å². The van der Waals surface area contributed by atoms with Gasteiger partial charge in [0.05, 0.1) is 5.92 Å². The molecule has 1 fully saturated rings. The molecule has 0 aromatic heterocycles. The Morgan fingerprint density at radius 2 is 1.50 bits per heavy atom. The monoisotopic (exact) mass is 437 g/mol. The number of piperidine rings is 1. The Labute approximate surface area is 191 Å². The van der Waals surface area contributed by atoms with E-state index in [0.29, 0.717) is 13.1 Å². The van der Waals surface area contributed by atoms with E-state index in [0.717, 1.165) is 18.4 Å². The average molecular weight is 438 g/mol. The first-order valence-electron chi connectivity index (χ1n) is 11.3. The van der Waals surface area contributed by atoms with Crippen LogP contribution >= 0.6 is 0 Å². The molecule has 1 aliphatic rings. The summed E-state index contributed by atoms with van der Waals surface area (Å²) in [6, 6.07) is 20.4. The van der Waals surface area contributed by atoms with Crippen LogP contribution in [-0.2, 0) is 10.3 Å². The predicted octanol–water partition coefficient (Wildman–Crippen LogP) is 4.10. The van der Waals surface area contributed by atoms with E-state index >= 15 is 0 Å². The molecule has 1 heterocycles. The Kier molecular flexibility index (Phi) is 7.56. The molecule has 0 spiro atoms. The third-order valence-electron chi connectivity index (χ3n) is 7.11. The van der Waals surface area contributed by atoms with Crippen LogP contribution in [0.2, 0.25) is 0 Å². The van der Waals surface area contributed by atoms with Crippen LogP contribution in [0.3, 0.4) is 0 Å². The van der Waals surface area contributed by atoms with E-state index in [-0.39, 0.29) is 23.9 Å². The standard InChI is InChI=1S/C26H35N3O3/c1-20(21-11-7-5-8-12-21)23(19-28(4)25(31)32)24(30)29-17-15-26(16-18-29,27(2)3)22-13-9-6-10-14-22/h5-14,20,23H,15-19H2,1-4H3,(H,31,32)/t20-,23+/m0/s1. The van der Waals surface area contributed by atoms with E-state index in [1.54, 1.807) is 0 Å². The van der Waals surface area contributed by atoms with Crippen LogP contribution in [0.4, 0.5) is 4.79 Å². The van der Waals surface area contributed by atoms with E-state index in [1.165, 1.54) is 17.5 Å². The molecule has 1 N–H and O–H groups in total. The molecular weight excluding hydrogens is 402 g/mol. The number of rotatable bonds is 7. The fourth-order valence-electron chi connectivity index (χ4n) is 4.89. The van der Waals surface area contributed by atoms with Crippen molar-refractivity contribution >= 4 is 12.0 Å². The summed E-state index contributed by atoms with van der Waals surface area (Å²) in [4.78, 5) is 30.6. The van der Waals surface area contributed by atoms with Crippen LogP contribution in [0.15, 0.2) is 60.7 Å². The number of amides is 2. The zero-order valence-electron chi connectivity index (χ0n) is 19.6. The van der Waals surface area contributed by atoms with Gasteiger partial charge in [0, 0.05) is 32.2 Å². The highest BCUT2D eigenvalue weighted by Gasteiger charge is 2.41. The second-order valence-corrected chi connectivity index (χ2v) is 9.09. The maximum atomic E-state index is 13.7. The molecule has 0 unspecified atom stereocenters. The molecule has 32 heavy (non-hydrogen) atoms. The highest BCUT2D eigenvalue weighted by Crippen LogP contribution is 2.38. The SMILES string of the molecule is C[C@@H](c1ccccc1)[C@@H](CN(C)C(=O)O)C(=O)N1CCC(c2ccccc2)(N(C)C)CC1. The highest BCUT2D eigenvalue weighted by atomic mass is 16.4. The Morgan fingerprint density at radius 3 is 2.00 bits per heavy atom. The molecule has 172 valence electrons. The maximum absolute atomic E-state index is 13.7. The minimum absolute atomic E-state index is 0.0369. The predicted molar refractivity (Wildman–Crippen MR) is 127 cm³/mol. The summed E-state index contributed by atoms with van der Waals surface area (Å²) in [5.74, 6) is -0.475. The van der Waals surface area contributed by atoms with Crippen molar-refractivity contribution in [3.63, 3.8) is 0 Å². The van der Waals surface area contributed by atoms with Gasteiger partial charge in [-0.25, -0.2) is 4.79 Å². The largest absolute Gasteiger partial charge is 0.465 e. The Morgan fingerprint density at radius 1 is 0.969 bits per heavy atom. The van der Waals surface area contributed by atoms with Gasteiger partial charge in [-0.05, 0) is 44.0 Å². The van der Waals surface area contributed by atoms with Crippen LogP contribution in [0.25, 0.3) is 0 Å². The minimum atomic E-state index is -1.02. The van der Waals surface area contributed by atoms with Crippen LogP contribution < -0.4 is 0 Å². The smallest absolute Gasteiger partial charge is 0.407 e. The molecule has 6 nitrogen and oxygen atoms in total. The molecule has 1 saturated heterocycles. The summed E-state index contributed by atoms with van der Waals surface area (Å²) in [7, 11) is 5.74. The first-order chi connectivity index (χ1) is 15.3. The summed E-state index contributed by atoms with van der Waals surface area (Å²) < 4.78 is 0. The van der Waals surface area contributed by atoms with Crippen molar-refractivity contribution in [1.82, 2.24) is 14.7 Å². The number of carboxylic acid groups (broad SMARTS) is 1. The first kappa shape index (κ1) is 23.8. The number of hydrogen-bond donors (Lipinski definition) is 1. The summed E-state index contributed by atoms with van der Waals surface area (Å²) in [6.07, 6.45) is 0.672. The van der Waals surface area contributed by atoms with E-state index in [1.807, 2.05) is 48.2 Å². The lowest BCUT2D eigenvalue weighted by molar-refractivity contribution is -0.139. The fraction of sp³-hybridized carbons (Fsp3) is 0.462. The normalized spacial score (nSPS) is 17.6.